The Hall–Kier alpha value is -2.36. The number of unbranched alkanes of at least 4 members (excludes halogenated alkanes) is 1. The van der Waals surface area contributed by atoms with Gasteiger partial charge in [0.15, 0.2) is 4.34 Å². The molecule has 6 heteroatoms. The molecule has 0 aliphatic heterocycles. The van der Waals surface area contributed by atoms with Crippen LogP contribution in [-0.2, 0) is 10.5 Å². The summed E-state index contributed by atoms with van der Waals surface area (Å²) in [5, 5.41) is 8.46. The van der Waals surface area contributed by atoms with E-state index in [1.54, 1.807) is 35.2 Å². The molecule has 0 bridgehead atoms. The maximum absolute atomic E-state index is 11.9. The maximum atomic E-state index is 11.9. The maximum Gasteiger partial charge on any atom is 0.338 e. The van der Waals surface area contributed by atoms with Gasteiger partial charge in [-0.3, -0.25) is 0 Å². The Labute approximate surface area is 154 Å². The highest BCUT2D eigenvalue weighted by atomic mass is 32.2. The van der Waals surface area contributed by atoms with Crippen molar-refractivity contribution in [3.63, 3.8) is 0 Å². The molecular formula is C19H16N2O2S2. The first kappa shape index (κ1) is 17.5. The van der Waals surface area contributed by atoms with Gasteiger partial charge in [-0.2, -0.15) is 5.26 Å². The number of aromatic nitrogens is 1. The number of esters is 1. The molecule has 0 atom stereocenters. The standard InChI is InChI=1S/C19H16N2O2S2/c20-11-3-4-12-23-18(22)15-9-7-14(8-10-15)13-24-19-21-16-5-1-2-6-17(16)25-19/h1-2,5-10H,3-4,12-13H2. The van der Waals surface area contributed by atoms with E-state index >= 15 is 0 Å². The molecule has 25 heavy (non-hydrogen) atoms. The second kappa shape index (κ2) is 8.65. The number of para-hydroxylation sites is 1. The number of thioether (sulfide) groups is 1. The Kier molecular flexibility index (Phi) is 6.04. The van der Waals surface area contributed by atoms with Crippen molar-refractivity contribution in [3.05, 3.63) is 59.7 Å². The van der Waals surface area contributed by atoms with Crippen LogP contribution in [0.15, 0.2) is 52.9 Å². The van der Waals surface area contributed by atoms with E-state index in [2.05, 4.69) is 11.1 Å². The first-order valence-electron chi connectivity index (χ1n) is 7.87. The van der Waals surface area contributed by atoms with Crippen LogP contribution in [-0.4, -0.2) is 17.6 Å². The highest BCUT2D eigenvalue weighted by molar-refractivity contribution is 8.00. The predicted molar refractivity (Wildman–Crippen MR) is 101 cm³/mol. The minimum absolute atomic E-state index is 0.279. The average molecular weight is 368 g/mol. The van der Waals surface area contributed by atoms with Crippen LogP contribution in [0.2, 0.25) is 0 Å². The molecule has 1 aromatic heterocycles. The molecule has 0 fully saturated rings. The zero-order valence-electron chi connectivity index (χ0n) is 13.5. The van der Waals surface area contributed by atoms with Crippen LogP contribution in [0.3, 0.4) is 0 Å². The fourth-order valence-electron chi connectivity index (χ4n) is 2.19. The molecule has 0 N–H and O–H groups in total. The Morgan fingerprint density at radius 3 is 2.76 bits per heavy atom. The fraction of sp³-hybridized carbons (Fsp3) is 0.211. The summed E-state index contributed by atoms with van der Waals surface area (Å²) in [6, 6.07) is 17.6. The van der Waals surface area contributed by atoms with Gasteiger partial charge in [-0.25, -0.2) is 9.78 Å². The number of nitrogens with zero attached hydrogens (tertiary/aromatic N) is 2. The third-order valence-corrected chi connectivity index (χ3v) is 5.74. The van der Waals surface area contributed by atoms with Crippen LogP contribution < -0.4 is 0 Å². The minimum atomic E-state index is -0.344. The normalized spacial score (nSPS) is 10.5. The van der Waals surface area contributed by atoms with Crippen molar-refractivity contribution in [2.24, 2.45) is 0 Å². The monoisotopic (exact) mass is 368 g/mol. The SMILES string of the molecule is N#CCCCOC(=O)c1ccc(CSc2nc3ccccc3s2)cc1. The van der Waals surface area contributed by atoms with E-state index in [4.69, 9.17) is 10.00 Å². The molecule has 0 aliphatic rings. The highest BCUT2D eigenvalue weighted by Gasteiger charge is 2.08. The summed E-state index contributed by atoms with van der Waals surface area (Å²) in [6.07, 6.45) is 0.967. The largest absolute Gasteiger partial charge is 0.462 e. The summed E-state index contributed by atoms with van der Waals surface area (Å²) in [5.74, 6) is 0.459. The Morgan fingerprint density at radius 1 is 1.20 bits per heavy atom. The molecule has 0 spiro atoms. The molecule has 3 rings (SSSR count). The van der Waals surface area contributed by atoms with Gasteiger partial charge in [0.2, 0.25) is 0 Å². The van der Waals surface area contributed by atoms with Crippen molar-refractivity contribution in [1.82, 2.24) is 4.98 Å². The number of rotatable bonds is 7. The molecule has 4 nitrogen and oxygen atoms in total. The smallest absolute Gasteiger partial charge is 0.338 e. The van der Waals surface area contributed by atoms with Crippen LogP contribution in [0.5, 0.6) is 0 Å². The van der Waals surface area contributed by atoms with Gasteiger partial charge in [-0.1, -0.05) is 36.0 Å². The van der Waals surface area contributed by atoms with Gasteiger partial charge in [0.25, 0.3) is 0 Å². The number of carbonyl (C=O) groups is 1. The van der Waals surface area contributed by atoms with E-state index in [0.717, 1.165) is 21.2 Å². The van der Waals surface area contributed by atoms with Crippen molar-refractivity contribution in [2.45, 2.75) is 22.9 Å². The van der Waals surface area contributed by atoms with E-state index in [0.29, 0.717) is 18.4 Å². The molecule has 2 aromatic carbocycles. The van der Waals surface area contributed by atoms with Crippen LogP contribution in [0, 0.1) is 11.3 Å². The van der Waals surface area contributed by atoms with Gasteiger partial charge in [-0.15, -0.1) is 11.3 Å². The topological polar surface area (TPSA) is 63.0 Å². The molecule has 3 aromatic rings. The molecule has 0 radical (unpaired) electrons. The van der Waals surface area contributed by atoms with Gasteiger partial charge in [0, 0.05) is 12.2 Å². The summed E-state index contributed by atoms with van der Waals surface area (Å²) in [4.78, 5) is 16.5. The number of thiazole rings is 1. The second-order valence-corrected chi connectivity index (χ2v) is 7.58. The van der Waals surface area contributed by atoms with Gasteiger partial charge < -0.3 is 4.74 Å². The van der Waals surface area contributed by atoms with E-state index in [1.165, 1.54) is 4.70 Å². The molecule has 0 aliphatic carbocycles. The molecule has 1 heterocycles. The number of hydrogen-bond acceptors (Lipinski definition) is 6. The predicted octanol–water partition coefficient (Wildman–Crippen LogP) is 5.05. The number of fused-ring (bicyclic) bond motifs is 1. The first-order valence-corrected chi connectivity index (χ1v) is 9.68. The lowest BCUT2D eigenvalue weighted by atomic mass is 10.1. The molecule has 0 saturated carbocycles. The van der Waals surface area contributed by atoms with Crippen LogP contribution >= 0.6 is 23.1 Å². The Balaban J connectivity index is 1.53. The summed E-state index contributed by atoms with van der Waals surface area (Å²) >= 11 is 3.39. The quantitative estimate of drug-likeness (QED) is 0.332. The molecule has 0 saturated heterocycles. The molecular weight excluding hydrogens is 352 g/mol. The lowest BCUT2D eigenvalue weighted by Gasteiger charge is -2.04. The van der Waals surface area contributed by atoms with E-state index in [9.17, 15) is 4.79 Å². The Bertz CT molecular complexity index is 865. The van der Waals surface area contributed by atoms with Crippen LogP contribution in [0.4, 0.5) is 0 Å². The van der Waals surface area contributed by atoms with Crippen molar-refractivity contribution >= 4 is 39.3 Å². The van der Waals surface area contributed by atoms with E-state index in [1.807, 2.05) is 36.4 Å². The molecule has 126 valence electrons. The summed E-state index contributed by atoms with van der Waals surface area (Å²) in [6.45, 7) is 0.279. The summed E-state index contributed by atoms with van der Waals surface area (Å²) in [5.41, 5.74) is 2.69. The van der Waals surface area contributed by atoms with Gasteiger partial charge in [-0.05, 0) is 36.2 Å². The Morgan fingerprint density at radius 2 is 2.00 bits per heavy atom. The van der Waals surface area contributed by atoms with Crippen molar-refractivity contribution in [2.75, 3.05) is 6.61 Å². The van der Waals surface area contributed by atoms with Crippen LogP contribution in [0.25, 0.3) is 10.2 Å². The summed E-state index contributed by atoms with van der Waals surface area (Å²) in [7, 11) is 0. The summed E-state index contributed by atoms with van der Waals surface area (Å²) < 4.78 is 7.37. The van der Waals surface area contributed by atoms with Crippen LogP contribution in [0.1, 0.15) is 28.8 Å². The highest BCUT2D eigenvalue weighted by Crippen LogP contribution is 2.31. The van der Waals surface area contributed by atoms with Gasteiger partial charge >= 0.3 is 5.97 Å². The zero-order valence-corrected chi connectivity index (χ0v) is 15.1. The number of ether oxygens (including phenoxy) is 1. The van der Waals surface area contributed by atoms with Crippen molar-refractivity contribution < 1.29 is 9.53 Å². The fourth-order valence-corrected chi connectivity index (χ4v) is 4.22. The second-order valence-electron chi connectivity index (χ2n) is 5.33. The van der Waals surface area contributed by atoms with Gasteiger partial charge in [0.1, 0.15) is 0 Å². The molecule has 0 amide bonds. The molecule has 0 unspecified atom stereocenters. The number of carbonyl (C=O) groups excluding carboxylic acids is 1. The lowest BCUT2D eigenvalue weighted by molar-refractivity contribution is 0.0501. The van der Waals surface area contributed by atoms with Gasteiger partial charge in [0.05, 0.1) is 28.5 Å². The van der Waals surface area contributed by atoms with E-state index in [-0.39, 0.29) is 12.6 Å². The van der Waals surface area contributed by atoms with Crippen molar-refractivity contribution in [3.8, 4) is 6.07 Å². The van der Waals surface area contributed by atoms with E-state index < -0.39 is 0 Å². The minimum Gasteiger partial charge on any atom is -0.462 e. The number of hydrogen-bond donors (Lipinski definition) is 0. The third-order valence-electron chi connectivity index (χ3n) is 3.49. The number of nitriles is 1. The first-order chi connectivity index (χ1) is 12.3. The number of benzene rings is 2. The third kappa shape index (κ3) is 4.81. The van der Waals surface area contributed by atoms with Crippen molar-refractivity contribution in [1.29, 1.82) is 5.26 Å². The zero-order chi connectivity index (χ0) is 17.5. The lowest BCUT2D eigenvalue weighted by Crippen LogP contribution is -2.06. The average Bonchev–Trinajstić information content (AvgIpc) is 3.07.